The van der Waals surface area contributed by atoms with Crippen molar-refractivity contribution in [1.82, 2.24) is 0 Å². The summed E-state index contributed by atoms with van der Waals surface area (Å²) in [7, 11) is 0. The van der Waals surface area contributed by atoms with Crippen molar-refractivity contribution in [2.75, 3.05) is 0 Å². The first kappa shape index (κ1) is 11.9. The van der Waals surface area contributed by atoms with E-state index in [0.29, 0.717) is 5.25 Å². The van der Waals surface area contributed by atoms with E-state index in [1.165, 1.54) is 25.7 Å². The second-order valence-corrected chi connectivity index (χ2v) is 5.52. The van der Waals surface area contributed by atoms with E-state index in [0.717, 1.165) is 19.3 Å². The smallest absolute Gasteiger partial charge is 0.316 e. The van der Waals surface area contributed by atoms with Gasteiger partial charge >= 0.3 is 5.97 Å². The lowest BCUT2D eigenvalue weighted by atomic mass is 10.2. The standard InChI is InChI=1S/C11H20O2S/c1-2-3-8-10(11(12)13)14-9-6-4-5-7-9/h9-10H,2-8H2,1H3,(H,12,13). The normalized spacial score (nSPS) is 19.8. The van der Waals surface area contributed by atoms with Crippen molar-refractivity contribution in [2.45, 2.75) is 62.4 Å². The molecule has 0 aromatic rings. The Morgan fingerprint density at radius 1 is 1.50 bits per heavy atom. The Hall–Kier alpha value is -0.180. The maximum atomic E-state index is 11.0. The molecule has 82 valence electrons. The van der Waals surface area contributed by atoms with Crippen LogP contribution in [0.1, 0.15) is 51.9 Å². The first-order valence-electron chi connectivity index (χ1n) is 5.62. The summed E-state index contributed by atoms with van der Waals surface area (Å²) in [5.74, 6) is -0.615. The van der Waals surface area contributed by atoms with Gasteiger partial charge in [0.2, 0.25) is 0 Å². The Balaban J connectivity index is 2.30. The van der Waals surface area contributed by atoms with Crippen molar-refractivity contribution < 1.29 is 9.90 Å². The molecule has 0 aliphatic heterocycles. The first-order valence-corrected chi connectivity index (χ1v) is 6.56. The predicted molar refractivity (Wildman–Crippen MR) is 60.8 cm³/mol. The van der Waals surface area contributed by atoms with Crippen molar-refractivity contribution >= 4 is 17.7 Å². The van der Waals surface area contributed by atoms with Crippen LogP contribution in [0.25, 0.3) is 0 Å². The molecule has 2 nitrogen and oxygen atoms in total. The van der Waals surface area contributed by atoms with Gasteiger partial charge in [0.1, 0.15) is 5.25 Å². The van der Waals surface area contributed by atoms with Crippen LogP contribution in [0.2, 0.25) is 0 Å². The quantitative estimate of drug-likeness (QED) is 0.740. The predicted octanol–water partition coefficient (Wildman–Crippen LogP) is 3.31. The molecule has 14 heavy (non-hydrogen) atoms. The van der Waals surface area contributed by atoms with E-state index >= 15 is 0 Å². The maximum absolute atomic E-state index is 11.0. The summed E-state index contributed by atoms with van der Waals surface area (Å²) < 4.78 is 0. The SMILES string of the molecule is CCCCC(SC1CCCC1)C(=O)O. The molecule has 1 aliphatic rings. The van der Waals surface area contributed by atoms with E-state index in [4.69, 9.17) is 5.11 Å². The van der Waals surface area contributed by atoms with Crippen molar-refractivity contribution in [3.63, 3.8) is 0 Å². The van der Waals surface area contributed by atoms with Gasteiger partial charge < -0.3 is 5.11 Å². The number of carboxylic acid groups (broad SMARTS) is 1. The second-order valence-electron chi connectivity index (χ2n) is 4.01. The van der Waals surface area contributed by atoms with Crippen LogP contribution in [0, 0.1) is 0 Å². The fourth-order valence-corrected chi connectivity index (χ4v) is 3.39. The summed E-state index contributed by atoms with van der Waals surface area (Å²) in [5, 5.41) is 9.50. The van der Waals surface area contributed by atoms with Crippen LogP contribution in [0.4, 0.5) is 0 Å². The Labute approximate surface area is 90.5 Å². The molecular weight excluding hydrogens is 196 g/mol. The number of carbonyl (C=O) groups is 1. The highest BCUT2D eigenvalue weighted by Crippen LogP contribution is 2.33. The van der Waals surface area contributed by atoms with Gasteiger partial charge in [0.15, 0.2) is 0 Å². The summed E-state index contributed by atoms with van der Waals surface area (Å²) >= 11 is 1.70. The topological polar surface area (TPSA) is 37.3 Å². The average molecular weight is 216 g/mol. The molecule has 3 heteroatoms. The van der Waals surface area contributed by atoms with E-state index in [-0.39, 0.29) is 5.25 Å². The van der Waals surface area contributed by atoms with Gasteiger partial charge in [-0.1, -0.05) is 32.6 Å². The van der Waals surface area contributed by atoms with Crippen LogP contribution in [-0.4, -0.2) is 21.6 Å². The molecule has 0 bridgehead atoms. The lowest BCUT2D eigenvalue weighted by Gasteiger charge is -2.15. The summed E-state index contributed by atoms with van der Waals surface area (Å²) in [5.41, 5.74) is 0. The summed E-state index contributed by atoms with van der Waals surface area (Å²) in [6.45, 7) is 2.11. The number of thioether (sulfide) groups is 1. The molecule has 0 amide bonds. The number of rotatable bonds is 6. The van der Waals surface area contributed by atoms with Crippen LogP contribution in [-0.2, 0) is 4.79 Å². The molecule has 1 fully saturated rings. The third kappa shape index (κ3) is 3.91. The molecule has 1 rings (SSSR count). The molecule has 1 unspecified atom stereocenters. The highest BCUT2D eigenvalue weighted by atomic mass is 32.2. The molecule has 0 spiro atoms. The largest absolute Gasteiger partial charge is 0.480 e. The lowest BCUT2D eigenvalue weighted by molar-refractivity contribution is -0.136. The number of carboxylic acids is 1. The fraction of sp³-hybridized carbons (Fsp3) is 0.909. The summed E-state index contributed by atoms with van der Waals surface area (Å²) in [6, 6.07) is 0. The van der Waals surface area contributed by atoms with Crippen LogP contribution < -0.4 is 0 Å². The molecule has 0 saturated heterocycles. The summed E-state index contributed by atoms with van der Waals surface area (Å²) in [4.78, 5) is 11.0. The molecule has 1 atom stereocenters. The van der Waals surface area contributed by atoms with Crippen LogP contribution >= 0.6 is 11.8 Å². The van der Waals surface area contributed by atoms with Gasteiger partial charge in [-0.2, -0.15) is 0 Å². The fourth-order valence-electron chi connectivity index (χ4n) is 1.90. The van der Waals surface area contributed by atoms with Gasteiger partial charge in [-0.25, -0.2) is 0 Å². The van der Waals surface area contributed by atoms with E-state index in [1.54, 1.807) is 11.8 Å². The minimum Gasteiger partial charge on any atom is -0.480 e. The van der Waals surface area contributed by atoms with Crippen molar-refractivity contribution in [3.05, 3.63) is 0 Å². The Morgan fingerprint density at radius 3 is 2.64 bits per heavy atom. The van der Waals surface area contributed by atoms with Crippen LogP contribution in [0.5, 0.6) is 0 Å². The van der Waals surface area contributed by atoms with E-state index < -0.39 is 5.97 Å². The molecule has 1 aliphatic carbocycles. The van der Waals surface area contributed by atoms with Crippen molar-refractivity contribution in [2.24, 2.45) is 0 Å². The number of hydrogen-bond donors (Lipinski definition) is 1. The van der Waals surface area contributed by atoms with Crippen LogP contribution in [0.3, 0.4) is 0 Å². The molecular formula is C11H20O2S. The number of aliphatic carboxylic acids is 1. The van der Waals surface area contributed by atoms with E-state index in [9.17, 15) is 4.79 Å². The van der Waals surface area contributed by atoms with Gasteiger partial charge in [0, 0.05) is 5.25 Å². The number of hydrogen-bond acceptors (Lipinski definition) is 2. The third-order valence-corrected chi connectivity index (χ3v) is 4.38. The van der Waals surface area contributed by atoms with E-state index in [1.807, 2.05) is 0 Å². The zero-order valence-corrected chi connectivity index (χ0v) is 9.68. The van der Waals surface area contributed by atoms with Crippen molar-refractivity contribution in [1.29, 1.82) is 0 Å². The minimum absolute atomic E-state index is 0.155. The van der Waals surface area contributed by atoms with Gasteiger partial charge in [-0.3, -0.25) is 4.79 Å². The molecule has 1 saturated carbocycles. The molecule has 0 aromatic carbocycles. The highest BCUT2D eigenvalue weighted by Gasteiger charge is 2.24. The second kappa shape index (κ2) is 6.33. The monoisotopic (exact) mass is 216 g/mol. The first-order chi connectivity index (χ1) is 6.74. The number of unbranched alkanes of at least 4 members (excludes halogenated alkanes) is 1. The van der Waals surface area contributed by atoms with Gasteiger partial charge in [0.05, 0.1) is 0 Å². The highest BCUT2D eigenvalue weighted by molar-refractivity contribution is 8.01. The Kier molecular flexibility index (Phi) is 5.38. The lowest BCUT2D eigenvalue weighted by Crippen LogP contribution is -2.19. The zero-order chi connectivity index (χ0) is 10.4. The molecule has 0 radical (unpaired) electrons. The van der Waals surface area contributed by atoms with Gasteiger partial charge in [-0.15, -0.1) is 11.8 Å². The van der Waals surface area contributed by atoms with Gasteiger partial charge in [0.25, 0.3) is 0 Å². The Bertz CT molecular complexity index is 176. The average Bonchev–Trinajstić information content (AvgIpc) is 2.64. The molecule has 0 aromatic heterocycles. The molecule has 1 N–H and O–H groups in total. The summed E-state index contributed by atoms with van der Waals surface area (Å²) in [6.07, 6.45) is 8.00. The maximum Gasteiger partial charge on any atom is 0.316 e. The third-order valence-electron chi connectivity index (χ3n) is 2.75. The molecule has 0 heterocycles. The van der Waals surface area contributed by atoms with Crippen LogP contribution in [0.15, 0.2) is 0 Å². The van der Waals surface area contributed by atoms with Gasteiger partial charge in [-0.05, 0) is 19.3 Å². The van der Waals surface area contributed by atoms with Crippen molar-refractivity contribution in [3.8, 4) is 0 Å². The van der Waals surface area contributed by atoms with E-state index in [2.05, 4.69) is 6.92 Å². The zero-order valence-electron chi connectivity index (χ0n) is 8.87. The Morgan fingerprint density at radius 2 is 2.14 bits per heavy atom. The minimum atomic E-state index is -0.615.